The van der Waals surface area contributed by atoms with Crippen LogP contribution >= 0.6 is 11.3 Å². The van der Waals surface area contributed by atoms with Crippen molar-refractivity contribution in [1.29, 1.82) is 0 Å². The molecule has 0 aliphatic heterocycles. The van der Waals surface area contributed by atoms with Gasteiger partial charge in [-0.3, -0.25) is 4.79 Å². The molecule has 4 aromatic rings. The lowest BCUT2D eigenvalue weighted by atomic mass is 10.2. The number of methoxy groups -OCH3 is 2. The predicted octanol–water partition coefficient (Wildman–Crippen LogP) is 3.29. The largest absolute Gasteiger partial charge is 0.493 e. The molecule has 0 aliphatic carbocycles. The molecule has 4 rings (SSSR count). The van der Waals surface area contributed by atoms with Gasteiger partial charge < -0.3 is 14.8 Å². The number of rotatable bonds is 7. The Labute approximate surface area is 182 Å². The Morgan fingerprint density at radius 2 is 1.97 bits per heavy atom. The number of carbonyl (C=O) groups is 1. The van der Waals surface area contributed by atoms with Crippen molar-refractivity contribution in [1.82, 2.24) is 25.2 Å². The van der Waals surface area contributed by atoms with Gasteiger partial charge in [0.2, 0.25) is 5.91 Å². The SMILES string of the molecule is COc1ccc(-c2nc(CC(=O)Nc3cccc(-n4nnnc4C)c3)cs2)cc1OC. The van der Waals surface area contributed by atoms with Crippen molar-refractivity contribution in [2.24, 2.45) is 0 Å². The third-order valence-electron chi connectivity index (χ3n) is 4.52. The number of aromatic nitrogens is 5. The first-order valence-corrected chi connectivity index (χ1v) is 10.3. The molecule has 0 bridgehead atoms. The van der Waals surface area contributed by atoms with Crippen molar-refractivity contribution in [2.75, 3.05) is 19.5 Å². The van der Waals surface area contributed by atoms with Crippen LogP contribution in [0.3, 0.4) is 0 Å². The van der Waals surface area contributed by atoms with Gasteiger partial charge in [-0.25, -0.2) is 4.98 Å². The number of anilines is 1. The standard InChI is InChI=1S/C21H20N6O3S/c1-13-24-25-26-27(13)17-6-4-5-15(10-17)22-20(28)11-16-12-31-21(23-16)14-7-8-18(29-2)19(9-14)30-3/h4-10,12H,11H2,1-3H3,(H,22,28). The minimum Gasteiger partial charge on any atom is -0.493 e. The molecule has 0 atom stereocenters. The number of amides is 1. The number of carbonyl (C=O) groups excluding carboxylic acids is 1. The molecule has 9 nitrogen and oxygen atoms in total. The van der Waals surface area contributed by atoms with E-state index in [9.17, 15) is 4.79 Å². The highest BCUT2D eigenvalue weighted by Crippen LogP contribution is 2.33. The van der Waals surface area contributed by atoms with Crippen molar-refractivity contribution < 1.29 is 14.3 Å². The van der Waals surface area contributed by atoms with Gasteiger partial charge >= 0.3 is 0 Å². The molecular formula is C21H20N6O3S. The topological polar surface area (TPSA) is 104 Å². The summed E-state index contributed by atoms with van der Waals surface area (Å²) in [6.07, 6.45) is 0.165. The van der Waals surface area contributed by atoms with Crippen LogP contribution in [0.4, 0.5) is 5.69 Å². The second kappa shape index (κ2) is 8.92. The number of hydrogen-bond donors (Lipinski definition) is 1. The molecular weight excluding hydrogens is 416 g/mol. The Kier molecular flexibility index (Phi) is 5.89. The number of ether oxygens (including phenoxy) is 2. The van der Waals surface area contributed by atoms with Crippen LogP contribution in [0.15, 0.2) is 47.8 Å². The average Bonchev–Trinajstić information content (AvgIpc) is 3.42. The third kappa shape index (κ3) is 4.53. The highest BCUT2D eigenvalue weighted by Gasteiger charge is 2.12. The molecule has 0 aliphatic rings. The van der Waals surface area contributed by atoms with Gasteiger partial charge in [-0.15, -0.1) is 16.4 Å². The Bertz CT molecular complexity index is 1220. The first-order chi connectivity index (χ1) is 15.1. The molecule has 2 aromatic heterocycles. The van der Waals surface area contributed by atoms with Crippen molar-refractivity contribution in [3.05, 3.63) is 59.4 Å². The number of nitrogens with one attached hydrogen (secondary N) is 1. The van der Waals surface area contributed by atoms with E-state index in [0.29, 0.717) is 28.7 Å². The molecule has 158 valence electrons. The summed E-state index contributed by atoms with van der Waals surface area (Å²) in [5.41, 5.74) is 3.02. The smallest absolute Gasteiger partial charge is 0.230 e. The molecule has 1 amide bonds. The molecule has 0 fully saturated rings. The molecule has 0 unspecified atom stereocenters. The van der Waals surface area contributed by atoms with E-state index in [4.69, 9.17) is 9.47 Å². The number of benzene rings is 2. The van der Waals surface area contributed by atoms with Crippen LogP contribution in [0, 0.1) is 6.92 Å². The summed E-state index contributed by atoms with van der Waals surface area (Å²) in [5, 5.41) is 17.1. The molecule has 1 N–H and O–H groups in total. The zero-order valence-corrected chi connectivity index (χ0v) is 18.0. The van der Waals surface area contributed by atoms with Gasteiger partial charge in [0.15, 0.2) is 17.3 Å². The second-order valence-electron chi connectivity index (χ2n) is 6.63. The van der Waals surface area contributed by atoms with Crippen molar-refractivity contribution in [2.45, 2.75) is 13.3 Å². The Morgan fingerprint density at radius 1 is 1.13 bits per heavy atom. The van der Waals surface area contributed by atoms with E-state index in [2.05, 4.69) is 25.8 Å². The Balaban J connectivity index is 1.45. The Morgan fingerprint density at radius 3 is 2.71 bits per heavy atom. The van der Waals surface area contributed by atoms with Crippen LogP contribution < -0.4 is 14.8 Å². The van der Waals surface area contributed by atoms with Crippen LogP contribution in [-0.2, 0) is 11.2 Å². The fourth-order valence-electron chi connectivity index (χ4n) is 3.05. The van der Waals surface area contributed by atoms with E-state index in [1.165, 1.54) is 11.3 Å². The van der Waals surface area contributed by atoms with E-state index in [1.54, 1.807) is 18.9 Å². The summed E-state index contributed by atoms with van der Waals surface area (Å²) in [6, 6.07) is 13.0. The van der Waals surface area contributed by atoms with Gasteiger partial charge in [-0.2, -0.15) is 4.68 Å². The molecule has 31 heavy (non-hydrogen) atoms. The van der Waals surface area contributed by atoms with Gasteiger partial charge in [-0.1, -0.05) is 6.07 Å². The van der Waals surface area contributed by atoms with Crippen LogP contribution in [-0.4, -0.2) is 45.3 Å². The predicted molar refractivity (Wildman–Crippen MR) is 117 cm³/mol. The second-order valence-corrected chi connectivity index (χ2v) is 7.49. The number of thiazole rings is 1. The highest BCUT2D eigenvalue weighted by atomic mass is 32.1. The first-order valence-electron chi connectivity index (χ1n) is 9.39. The number of nitrogens with zero attached hydrogens (tertiary/aromatic N) is 5. The zero-order chi connectivity index (χ0) is 21.8. The van der Waals surface area contributed by atoms with Crippen LogP contribution in [0.25, 0.3) is 16.3 Å². The van der Waals surface area contributed by atoms with Crippen molar-refractivity contribution in [3.8, 4) is 27.8 Å². The first kappa shape index (κ1) is 20.5. The van der Waals surface area contributed by atoms with Gasteiger partial charge in [0.1, 0.15) is 5.01 Å². The fourth-order valence-corrected chi connectivity index (χ4v) is 3.86. The number of aryl methyl sites for hydroxylation is 1. The summed E-state index contributed by atoms with van der Waals surface area (Å²) in [7, 11) is 3.19. The van der Waals surface area contributed by atoms with Gasteiger partial charge in [0.25, 0.3) is 0 Å². The summed E-state index contributed by atoms with van der Waals surface area (Å²) >= 11 is 1.47. The Hall–Kier alpha value is -3.79. The normalized spacial score (nSPS) is 10.7. The molecule has 0 spiro atoms. The van der Waals surface area contributed by atoms with Crippen molar-refractivity contribution >= 4 is 22.9 Å². The quantitative estimate of drug-likeness (QED) is 0.474. The minimum absolute atomic E-state index is 0.158. The molecule has 2 heterocycles. The molecule has 0 saturated carbocycles. The molecule has 2 aromatic carbocycles. The minimum atomic E-state index is -0.158. The van der Waals surface area contributed by atoms with E-state index in [-0.39, 0.29) is 12.3 Å². The maximum atomic E-state index is 12.5. The summed E-state index contributed by atoms with van der Waals surface area (Å²) in [5.74, 6) is 1.79. The summed E-state index contributed by atoms with van der Waals surface area (Å²) < 4.78 is 12.2. The van der Waals surface area contributed by atoms with Gasteiger partial charge in [-0.05, 0) is 53.7 Å². The van der Waals surface area contributed by atoms with Gasteiger partial charge in [0, 0.05) is 16.6 Å². The number of tetrazole rings is 1. The number of hydrogen-bond acceptors (Lipinski definition) is 8. The van der Waals surface area contributed by atoms with E-state index < -0.39 is 0 Å². The molecule has 0 saturated heterocycles. The maximum Gasteiger partial charge on any atom is 0.230 e. The van der Waals surface area contributed by atoms with Crippen LogP contribution in [0.2, 0.25) is 0 Å². The van der Waals surface area contributed by atoms with Gasteiger partial charge in [0.05, 0.1) is 32.0 Å². The van der Waals surface area contributed by atoms with E-state index >= 15 is 0 Å². The lowest BCUT2D eigenvalue weighted by molar-refractivity contribution is -0.115. The fraction of sp³-hybridized carbons (Fsp3) is 0.190. The van der Waals surface area contributed by atoms with Crippen molar-refractivity contribution in [3.63, 3.8) is 0 Å². The zero-order valence-electron chi connectivity index (χ0n) is 17.2. The van der Waals surface area contributed by atoms with Crippen LogP contribution in [0.5, 0.6) is 11.5 Å². The molecule has 10 heteroatoms. The van der Waals surface area contributed by atoms with Crippen LogP contribution in [0.1, 0.15) is 11.5 Å². The monoisotopic (exact) mass is 436 g/mol. The van der Waals surface area contributed by atoms with E-state index in [1.807, 2.05) is 54.8 Å². The average molecular weight is 436 g/mol. The highest BCUT2D eigenvalue weighted by molar-refractivity contribution is 7.13. The summed E-state index contributed by atoms with van der Waals surface area (Å²) in [4.78, 5) is 17.1. The lowest BCUT2D eigenvalue weighted by Crippen LogP contribution is -2.15. The third-order valence-corrected chi connectivity index (χ3v) is 5.46. The maximum absolute atomic E-state index is 12.5. The summed E-state index contributed by atoms with van der Waals surface area (Å²) in [6.45, 7) is 1.81. The molecule has 0 radical (unpaired) electrons. The van der Waals surface area contributed by atoms with E-state index in [0.717, 1.165) is 16.3 Å². The lowest BCUT2D eigenvalue weighted by Gasteiger charge is -2.08.